The zero-order valence-electron chi connectivity index (χ0n) is 20.7. The van der Waals surface area contributed by atoms with E-state index in [4.69, 9.17) is 13.9 Å². The van der Waals surface area contributed by atoms with Crippen molar-refractivity contribution in [2.75, 3.05) is 7.11 Å². The Hall–Kier alpha value is -3.86. The Morgan fingerprint density at radius 3 is 2.46 bits per heavy atom. The van der Waals surface area contributed by atoms with E-state index in [2.05, 4.69) is 15.2 Å². The topological polar surface area (TPSA) is 95.4 Å². The van der Waals surface area contributed by atoms with E-state index in [0.717, 1.165) is 12.1 Å². The summed E-state index contributed by atoms with van der Waals surface area (Å²) in [5, 5.41) is 19.9. The van der Waals surface area contributed by atoms with Crippen LogP contribution in [0.2, 0.25) is 0 Å². The van der Waals surface area contributed by atoms with Crippen molar-refractivity contribution in [2.24, 2.45) is 0 Å². The Labute approximate surface area is 210 Å². The highest BCUT2D eigenvalue weighted by molar-refractivity contribution is 5.71. The molecule has 0 spiro atoms. The van der Waals surface area contributed by atoms with Crippen molar-refractivity contribution >= 4 is 0 Å². The van der Waals surface area contributed by atoms with E-state index >= 15 is 0 Å². The molecule has 37 heavy (non-hydrogen) atoms. The summed E-state index contributed by atoms with van der Waals surface area (Å²) in [5.74, 6) is -2.29. The van der Waals surface area contributed by atoms with Crippen LogP contribution < -0.4 is 9.47 Å². The molecule has 4 aromatic rings. The summed E-state index contributed by atoms with van der Waals surface area (Å²) >= 11 is 0. The number of nitrogens with zero attached hydrogens (tertiary/aromatic N) is 4. The average Bonchev–Trinajstić information content (AvgIpc) is 3.48. The number of aliphatic hydroxyl groups is 1. The molecule has 0 aliphatic carbocycles. The maximum Gasteiger partial charge on any atom is 0.196 e. The van der Waals surface area contributed by atoms with Gasteiger partial charge >= 0.3 is 0 Å². The van der Waals surface area contributed by atoms with Crippen LogP contribution in [0.5, 0.6) is 11.5 Å². The van der Waals surface area contributed by atoms with Crippen LogP contribution in [-0.4, -0.2) is 37.6 Å². The average molecular weight is 515 g/mol. The molecule has 1 aliphatic rings. The number of aromatic nitrogens is 4. The van der Waals surface area contributed by atoms with Crippen LogP contribution >= 0.6 is 0 Å². The van der Waals surface area contributed by atoms with E-state index < -0.39 is 28.7 Å². The Morgan fingerprint density at radius 2 is 1.84 bits per heavy atom. The van der Waals surface area contributed by atoms with E-state index in [1.54, 1.807) is 30.9 Å². The third-order valence-electron chi connectivity index (χ3n) is 6.61. The normalized spacial score (nSPS) is 17.5. The van der Waals surface area contributed by atoms with Crippen molar-refractivity contribution in [1.29, 1.82) is 0 Å². The van der Waals surface area contributed by atoms with Crippen LogP contribution in [0.15, 0.2) is 40.9 Å². The van der Waals surface area contributed by atoms with Crippen LogP contribution in [0, 0.1) is 24.4 Å². The van der Waals surface area contributed by atoms with Gasteiger partial charge in [0.2, 0.25) is 0 Å². The number of methoxy groups -OCH3 is 1. The van der Waals surface area contributed by atoms with Gasteiger partial charge in [-0.2, -0.15) is 0 Å². The number of fused-ring (bicyclic) bond motifs is 1. The lowest BCUT2D eigenvalue weighted by Gasteiger charge is -2.44. The predicted octanol–water partition coefficient (Wildman–Crippen LogP) is 5.17. The van der Waals surface area contributed by atoms with Crippen LogP contribution in [-0.2, 0) is 12.1 Å². The second kappa shape index (κ2) is 8.91. The van der Waals surface area contributed by atoms with E-state index in [0.29, 0.717) is 47.3 Å². The summed E-state index contributed by atoms with van der Waals surface area (Å²) in [6, 6.07) is 6.94. The molecule has 3 heterocycles. The monoisotopic (exact) mass is 514 g/mol. The Bertz CT molecular complexity index is 1450. The molecular weight excluding hydrogens is 489 g/mol. The zero-order chi connectivity index (χ0) is 26.5. The highest BCUT2D eigenvalue weighted by atomic mass is 19.2. The fraction of sp³-hybridized carbons (Fsp3) is 0.346. The molecule has 0 bridgehead atoms. The smallest absolute Gasteiger partial charge is 0.196 e. The number of benzene rings is 2. The summed E-state index contributed by atoms with van der Waals surface area (Å²) in [6.45, 7) is 5.30. The third-order valence-corrected chi connectivity index (χ3v) is 6.61. The maximum absolute atomic E-state index is 14.0. The molecule has 194 valence electrons. The number of ether oxygens (including phenoxy) is 2. The van der Waals surface area contributed by atoms with Crippen molar-refractivity contribution in [3.05, 3.63) is 65.7 Å². The number of rotatable bonds is 6. The molecule has 1 atom stereocenters. The molecule has 2 aromatic carbocycles. The molecule has 0 unspecified atom stereocenters. The van der Waals surface area contributed by atoms with Crippen molar-refractivity contribution in [3.8, 4) is 34.2 Å². The van der Waals surface area contributed by atoms with Crippen LogP contribution in [0.3, 0.4) is 0 Å². The van der Waals surface area contributed by atoms with Gasteiger partial charge in [0.15, 0.2) is 46.4 Å². The summed E-state index contributed by atoms with van der Waals surface area (Å²) in [4.78, 5) is 4.13. The first-order valence-electron chi connectivity index (χ1n) is 11.6. The largest absolute Gasteiger partial charge is 0.496 e. The lowest BCUT2D eigenvalue weighted by Crippen LogP contribution is -2.55. The molecule has 0 amide bonds. The lowest BCUT2D eigenvalue weighted by molar-refractivity contribution is -0.137. The number of aryl methyl sites for hydroxylation is 1. The molecule has 5 rings (SSSR count). The van der Waals surface area contributed by atoms with Crippen LogP contribution in [0.25, 0.3) is 22.7 Å². The van der Waals surface area contributed by atoms with Gasteiger partial charge in [0.05, 0.1) is 18.9 Å². The van der Waals surface area contributed by atoms with Gasteiger partial charge in [0.25, 0.3) is 0 Å². The van der Waals surface area contributed by atoms with Gasteiger partial charge in [-0.1, -0.05) is 6.07 Å². The van der Waals surface area contributed by atoms with E-state index in [-0.39, 0.29) is 18.0 Å². The predicted molar refractivity (Wildman–Crippen MR) is 126 cm³/mol. The summed E-state index contributed by atoms with van der Waals surface area (Å²) in [5.41, 5.74) is -1.68. The Kier molecular flexibility index (Phi) is 5.98. The summed E-state index contributed by atoms with van der Waals surface area (Å²) in [7, 11) is 1.54. The van der Waals surface area contributed by atoms with Crippen molar-refractivity contribution in [2.45, 2.75) is 51.4 Å². The number of halogens is 3. The number of hydrogen-bond donors (Lipinski definition) is 1. The van der Waals surface area contributed by atoms with E-state index in [1.165, 1.54) is 13.8 Å². The molecule has 0 saturated carbocycles. The van der Waals surface area contributed by atoms with Gasteiger partial charge in [-0.25, -0.2) is 18.2 Å². The Morgan fingerprint density at radius 1 is 1.11 bits per heavy atom. The van der Waals surface area contributed by atoms with Gasteiger partial charge in [-0.3, -0.25) is 0 Å². The first-order chi connectivity index (χ1) is 17.5. The zero-order valence-corrected chi connectivity index (χ0v) is 20.7. The number of hydrogen-bond acceptors (Lipinski definition) is 7. The second-order valence-electron chi connectivity index (χ2n) is 9.45. The van der Waals surface area contributed by atoms with Crippen LogP contribution in [0.1, 0.15) is 38.4 Å². The quantitative estimate of drug-likeness (QED) is 0.355. The fourth-order valence-corrected chi connectivity index (χ4v) is 4.74. The molecule has 2 aromatic heterocycles. The first kappa shape index (κ1) is 24.8. The van der Waals surface area contributed by atoms with Gasteiger partial charge in [-0.05, 0) is 38.8 Å². The highest BCUT2D eigenvalue weighted by Crippen LogP contribution is 2.45. The van der Waals surface area contributed by atoms with Crippen LogP contribution in [0.4, 0.5) is 13.2 Å². The molecule has 1 aliphatic heterocycles. The minimum absolute atomic E-state index is 0.273. The lowest BCUT2D eigenvalue weighted by atomic mass is 9.79. The van der Waals surface area contributed by atoms with Gasteiger partial charge in [0.1, 0.15) is 17.1 Å². The molecule has 0 fully saturated rings. The SMILES string of the molecule is COc1cc(-c2nnc3n2CCC[C@@]3(Oc2cc(F)c(F)c(F)c2)C(C)(C)O)ccc1-c1cnc(C)o1. The Balaban J connectivity index is 1.60. The first-order valence-corrected chi connectivity index (χ1v) is 11.6. The van der Waals surface area contributed by atoms with E-state index in [1.807, 2.05) is 12.1 Å². The molecule has 0 saturated heterocycles. The minimum Gasteiger partial charge on any atom is -0.496 e. The van der Waals surface area contributed by atoms with Gasteiger partial charge < -0.3 is 23.6 Å². The van der Waals surface area contributed by atoms with Gasteiger partial charge in [0, 0.05) is 31.2 Å². The molecule has 8 nitrogen and oxygen atoms in total. The molecule has 11 heteroatoms. The van der Waals surface area contributed by atoms with Crippen molar-refractivity contribution < 1.29 is 32.2 Å². The summed E-state index contributed by atoms with van der Waals surface area (Å²) in [6.07, 6.45) is 2.44. The fourth-order valence-electron chi connectivity index (χ4n) is 4.74. The van der Waals surface area contributed by atoms with E-state index in [9.17, 15) is 18.3 Å². The van der Waals surface area contributed by atoms with Crippen molar-refractivity contribution in [3.63, 3.8) is 0 Å². The third kappa shape index (κ3) is 4.12. The molecular formula is C26H25F3N4O4. The standard InChI is InChI=1S/C26H25F3N4O4/c1-14-30-13-21(36-14)17-7-6-15(10-20(17)35-4)23-31-32-24-26(25(2,3)34,8-5-9-33(23)24)37-16-11-18(27)22(29)19(28)12-16/h6-7,10-13,34H,5,8-9H2,1-4H3/t26-/m0/s1. The minimum atomic E-state index is -1.60. The molecule has 1 N–H and O–H groups in total. The summed E-state index contributed by atoms with van der Waals surface area (Å²) < 4.78 is 60.5. The number of oxazole rings is 1. The van der Waals surface area contributed by atoms with Gasteiger partial charge in [-0.15, -0.1) is 10.2 Å². The second-order valence-corrected chi connectivity index (χ2v) is 9.45. The maximum atomic E-state index is 14.0. The van der Waals surface area contributed by atoms with Crippen molar-refractivity contribution in [1.82, 2.24) is 19.7 Å². The molecule has 0 radical (unpaired) electrons. The highest BCUT2D eigenvalue weighted by Gasteiger charge is 2.53.